The molecule has 4 rings (SSSR count). The van der Waals surface area contributed by atoms with Gasteiger partial charge >= 0.3 is 11.9 Å². The van der Waals surface area contributed by atoms with Gasteiger partial charge in [-0.1, -0.05) is 36.0 Å². The maximum atomic E-state index is 11.8. The molecule has 2 aromatic carbocycles. The van der Waals surface area contributed by atoms with Gasteiger partial charge in [0.25, 0.3) is 0 Å². The van der Waals surface area contributed by atoms with E-state index in [0.29, 0.717) is 18.2 Å². The quantitative estimate of drug-likeness (QED) is 0.519. The van der Waals surface area contributed by atoms with E-state index in [1.54, 1.807) is 6.92 Å². The van der Waals surface area contributed by atoms with Gasteiger partial charge in [0.15, 0.2) is 5.78 Å². The zero-order valence-corrected chi connectivity index (χ0v) is 19.5. The first-order valence-corrected chi connectivity index (χ1v) is 11.5. The van der Waals surface area contributed by atoms with Crippen LogP contribution in [0, 0.1) is 0 Å². The first-order valence-electron chi connectivity index (χ1n) is 10.7. The topological polar surface area (TPSA) is 98.2 Å². The molecule has 1 unspecified atom stereocenters. The summed E-state index contributed by atoms with van der Waals surface area (Å²) in [6, 6.07) is 15.4. The van der Waals surface area contributed by atoms with Crippen LogP contribution in [0.25, 0.3) is 0 Å². The number of aliphatic carboxylic acids is 2. The minimum absolute atomic E-state index is 0.144. The predicted octanol–water partition coefficient (Wildman–Crippen LogP) is 3.60. The van der Waals surface area contributed by atoms with Crippen LogP contribution in [-0.4, -0.2) is 71.0 Å². The Morgan fingerprint density at radius 1 is 0.939 bits per heavy atom. The SMILES string of the molecule is CC(=O)c1ccc2c(c1)CC(N1CCN(C)CC1)c1ccccc1S2.O=C(O)/C=C\C(=O)O. The highest BCUT2D eigenvalue weighted by Crippen LogP contribution is 2.43. The third-order valence-electron chi connectivity index (χ3n) is 5.73. The summed E-state index contributed by atoms with van der Waals surface area (Å²) < 4.78 is 0. The number of carboxylic acid groups (broad SMARTS) is 2. The van der Waals surface area contributed by atoms with Crippen LogP contribution in [0.2, 0.25) is 0 Å². The highest BCUT2D eigenvalue weighted by Gasteiger charge is 2.29. The van der Waals surface area contributed by atoms with E-state index < -0.39 is 11.9 Å². The standard InChI is InChI=1S/C21H24N2OS.C4H4O4/c1-15(24)16-7-8-20-17(13-16)14-19(23-11-9-22(2)10-12-23)18-5-3-4-6-21(18)25-20;5-3(6)1-2-4(7)8/h3-8,13,19H,9-12,14H2,1-2H3;1-2H,(H,5,6)(H,7,8)/b;2-1-. The molecule has 33 heavy (non-hydrogen) atoms. The lowest BCUT2D eigenvalue weighted by atomic mass is 9.95. The summed E-state index contributed by atoms with van der Waals surface area (Å²) in [5.41, 5.74) is 3.55. The molecule has 0 amide bonds. The van der Waals surface area contributed by atoms with Crippen molar-refractivity contribution in [2.24, 2.45) is 0 Å². The fraction of sp³-hybridized carbons (Fsp3) is 0.320. The van der Waals surface area contributed by atoms with E-state index >= 15 is 0 Å². The van der Waals surface area contributed by atoms with Crippen molar-refractivity contribution in [2.75, 3.05) is 33.2 Å². The van der Waals surface area contributed by atoms with Gasteiger partial charge in [0, 0.05) is 59.7 Å². The molecule has 2 N–H and O–H groups in total. The van der Waals surface area contributed by atoms with Gasteiger partial charge in [-0.3, -0.25) is 9.69 Å². The van der Waals surface area contributed by atoms with Crippen molar-refractivity contribution in [1.29, 1.82) is 0 Å². The molecule has 2 aliphatic rings. The molecule has 1 fully saturated rings. The van der Waals surface area contributed by atoms with E-state index in [9.17, 15) is 14.4 Å². The molecule has 0 aromatic heterocycles. The molecule has 174 valence electrons. The second-order valence-corrected chi connectivity index (χ2v) is 9.17. The number of carbonyl (C=O) groups excluding carboxylic acids is 1. The Balaban J connectivity index is 0.000000331. The minimum atomic E-state index is -1.26. The van der Waals surface area contributed by atoms with Gasteiger partial charge in [0.1, 0.15) is 0 Å². The monoisotopic (exact) mass is 468 g/mol. The van der Waals surface area contributed by atoms with Gasteiger partial charge in [0.2, 0.25) is 0 Å². The number of likely N-dealkylation sites (N-methyl/N-ethyl adjacent to an activating group) is 1. The highest BCUT2D eigenvalue weighted by molar-refractivity contribution is 7.99. The van der Waals surface area contributed by atoms with Crippen molar-refractivity contribution in [3.63, 3.8) is 0 Å². The second-order valence-electron chi connectivity index (χ2n) is 8.09. The number of piperazine rings is 1. The van der Waals surface area contributed by atoms with Crippen LogP contribution in [0.3, 0.4) is 0 Å². The van der Waals surface area contributed by atoms with Crippen LogP contribution in [0.15, 0.2) is 64.4 Å². The largest absolute Gasteiger partial charge is 0.478 e. The summed E-state index contributed by atoms with van der Waals surface area (Å²) in [7, 11) is 2.20. The lowest BCUT2D eigenvalue weighted by Gasteiger charge is -2.38. The zero-order valence-electron chi connectivity index (χ0n) is 18.7. The van der Waals surface area contributed by atoms with Crippen molar-refractivity contribution in [3.8, 4) is 0 Å². The van der Waals surface area contributed by atoms with Gasteiger partial charge in [-0.05, 0) is 49.7 Å². The Hall–Kier alpha value is -2.94. The van der Waals surface area contributed by atoms with Crippen LogP contribution in [0.5, 0.6) is 0 Å². The van der Waals surface area contributed by atoms with Crippen LogP contribution in [0.1, 0.15) is 34.5 Å². The molecule has 2 aromatic rings. The molecule has 8 heteroatoms. The number of rotatable bonds is 4. The van der Waals surface area contributed by atoms with Crippen molar-refractivity contribution in [1.82, 2.24) is 9.80 Å². The summed E-state index contributed by atoms with van der Waals surface area (Å²) in [6.45, 7) is 6.08. The molecule has 0 spiro atoms. The van der Waals surface area contributed by atoms with Crippen molar-refractivity contribution >= 4 is 29.5 Å². The fourth-order valence-corrected chi connectivity index (χ4v) is 5.06. The molecule has 0 radical (unpaired) electrons. The summed E-state index contributed by atoms with van der Waals surface area (Å²) in [4.78, 5) is 38.6. The van der Waals surface area contributed by atoms with Crippen LogP contribution < -0.4 is 0 Å². The van der Waals surface area contributed by atoms with Crippen molar-refractivity contribution in [3.05, 3.63) is 71.3 Å². The summed E-state index contributed by atoms with van der Waals surface area (Å²) in [5, 5.41) is 15.6. The second kappa shape index (κ2) is 11.3. The van der Waals surface area contributed by atoms with Crippen LogP contribution >= 0.6 is 11.8 Å². The molecule has 7 nitrogen and oxygen atoms in total. The minimum Gasteiger partial charge on any atom is -0.478 e. The number of hydrogen-bond donors (Lipinski definition) is 2. The number of nitrogens with zero attached hydrogens (tertiary/aromatic N) is 2. The normalized spacial score (nSPS) is 18.4. The molecular weight excluding hydrogens is 440 g/mol. The summed E-state index contributed by atoms with van der Waals surface area (Å²) in [6.07, 6.45) is 2.09. The Bertz CT molecular complexity index is 1040. The van der Waals surface area contributed by atoms with E-state index in [4.69, 9.17) is 10.2 Å². The molecule has 0 saturated carbocycles. The molecule has 0 bridgehead atoms. The molecule has 2 heterocycles. The number of Topliss-reactive ketones (excluding diaryl/α,β-unsaturated/α-hetero) is 1. The zero-order chi connectivity index (χ0) is 24.0. The Labute approximate surface area is 197 Å². The molecule has 1 atom stereocenters. The van der Waals surface area contributed by atoms with E-state index in [0.717, 1.165) is 38.2 Å². The highest BCUT2D eigenvalue weighted by atomic mass is 32.2. The smallest absolute Gasteiger partial charge is 0.328 e. The number of fused-ring (bicyclic) bond motifs is 2. The molecule has 1 saturated heterocycles. The van der Waals surface area contributed by atoms with Gasteiger partial charge in [0.05, 0.1) is 0 Å². The van der Waals surface area contributed by atoms with Gasteiger partial charge in [-0.15, -0.1) is 0 Å². The van der Waals surface area contributed by atoms with Crippen LogP contribution in [0.4, 0.5) is 0 Å². The summed E-state index contributed by atoms with van der Waals surface area (Å²) in [5.74, 6) is -2.37. The van der Waals surface area contributed by atoms with E-state index in [-0.39, 0.29) is 5.78 Å². The van der Waals surface area contributed by atoms with Crippen molar-refractivity contribution in [2.45, 2.75) is 29.2 Å². The van der Waals surface area contributed by atoms with E-state index in [1.807, 2.05) is 17.8 Å². The Morgan fingerprint density at radius 2 is 1.58 bits per heavy atom. The molecule has 0 aliphatic carbocycles. The number of benzene rings is 2. The molecular formula is C25H28N2O5S. The predicted molar refractivity (Wildman–Crippen MR) is 127 cm³/mol. The fourth-order valence-electron chi connectivity index (χ4n) is 3.94. The van der Waals surface area contributed by atoms with Crippen LogP contribution in [-0.2, 0) is 16.0 Å². The Kier molecular flexibility index (Phi) is 8.43. The maximum absolute atomic E-state index is 11.8. The lowest BCUT2D eigenvalue weighted by Crippen LogP contribution is -2.46. The van der Waals surface area contributed by atoms with E-state index in [2.05, 4.69) is 53.2 Å². The number of carboxylic acids is 2. The number of carbonyl (C=O) groups is 3. The average Bonchev–Trinajstić information content (AvgIpc) is 2.95. The first-order chi connectivity index (χ1) is 15.7. The van der Waals surface area contributed by atoms with Gasteiger partial charge < -0.3 is 15.1 Å². The van der Waals surface area contributed by atoms with Gasteiger partial charge in [-0.25, -0.2) is 9.59 Å². The third-order valence-corrected chi connectivity index (χ3v) is 6.94. The maximum Gasteiger partial charge on any atom is 0.328 e. The average molecular weight is 469 g/mol. The lowest BCUT2D eigenvalue weighted by molar-refractivity contribution is -0.134. The third kappa shape index (κ3) is 6.77. The Morgan fingerprint density at radius 3 is 2.18 bits per heavy atom. The van der Waals surface area contributed by atoms with Crippen molar-refractivity contribution < 1.29 is 24.6 Å². The van der Waals surface area contributed by atoms with E-state index in [1.165, 1.54) is 20.9 Å². The first kappa shape index (κ1) is 24.7. The molecule has 2 aliphatic heterocycles. The number of hydrogen-bond acceptors (Lipinski definition) is 6. The number of ketones is 1. The summed E-state index contributed by atoms with van der Waals surface area (Å²) >= 11 is 1.84. The van der Waals surface area contributed by atoms with Gasteiger partial charge in [-0.2, -0.15) is 0 Å².